The molecule has 152 valence electrons. The first kappa shape index (κ1) is 22.1. The number of nitrogens with one attached hydrogen (secondary N) is 1. The lowest BCUT2D eigenvalue weighted by Crippen LogP contribution is -2.32. The number of carbonyl (C=O) groups is 1. The van der Waals surface area contributed by atoms with Crippen LogP contribution in [0.25, 0.3) is 0 Å². The van der Waals surface area contributed by atoms with E-state index in [2.05, 4.69) is 5.32 Å². The predicted molar refractivity (Wildman–Crippen MR) is 109 cm³/mol. The van der Waals surface area contributed by atoms with E-state index in [1.807, 2.05) is 51.1 Å². The normalized spacial score (nSPS) is 13.9. The van der Waals surface area contributed by atoms with Crippen molar-refractivity contribution in [2.24, 2.45) is 0 Å². The molecule has 1 N–H and O–H groups in total. The summed E-state index contributed by atoms with van der Waals surface area (Å²) in [5.41, 5.74) is 1.59. The number of rotatable bonds is 9. The fourth-order valence-corrected chi connectivity index (χ4v) is 4.49. The summed E-state index contributed by atoms with van der Waals surface area (Å²) in [7, 11) is -2.00. The summed E-state index contributed by atoms with van der Waals surface area (Å²) in [5, 5.41) is 2.93. The maximum absolute atomic E-state index is 12.6. The van der Waals surface area contributed by atoms with Gasteiger partial charge in [-0.25, -0.2) is 8.42 Å². The van der Waals surface area contributed by atoms with E-state index in [9.17, 15) is 13.2 Å². The largest absolute Gasteiger partial charge is 0.367 e. The highest BCUT2D eigenvalue weighted by Gasteiger charge is 2.23. The van der Waals surface area contributed by atoms with E-state index < -0.39 is 16.1 Å². The number of nitrogens with zero attached hydrogens (tertiary/aromatic N) is 1. The topological polar surface area (TPSA) is 75.7 Å². The lowest BCUT2D eigenvalue weighted by Gasteiger charge is -2.21. The summed E-state index contributed by atoms with van der Waals surface area (Å²) in [5.74, 6) is -0.249. The van der Waals surface area contributed by atoms with Crippen LogP contribution in [0.2, 0.25) is 0 Å². The number of methoxy groups -OCH3 is 1. The predicted octanol–water partition coefficient (Wildman–Crippen LogP) is 3.28. The Balaban J connectivity index is 2.12. The van der Waals surface area contributed by atoms with Crippen molar-refractivity contribution in [1.82, 2.24) is 9.62 Å². The van der Waals surface area contributed by atoms with Gasteiger partial charge in [0.2, 0.25) is 10.0 Å². The van der Waals surface area contributed by atoms with Crippen LogP contribution in [0.5, 0.6) is 0 Å². The molecule has 28 heavy (non-hydrogen) atoms. The molecule has 0 aliphatic heterocycles. The van der Waals surface area contributed by atoms with Crippen LogP contribution >= 0.6 is 0 Å². The lowest BCUT2D eigenvalue weighted by molar-refractivity contribution is -0.132. The lowest BCUT2D eigenvalue weighted by atomic mass is 10.1. The molecule has 0 fully saturated rings. The van der Waals surface area contributed by atoms with Gasteiger partial charge in [-0.3, -0.25) is 4.79 Å². The van der Waals surface area contributed by atoms with Gasteiger partial charge >= 0.3 is 0 Å². The van der Waals surface area contributed by atoms with E-state index in [-0.39, 0.29) is 16.8 Å². The summed E-state index contributed by atoms with van der Waals surface area (Å²) >= 11 is 0. The second-order valence-corrected chi connectivity index (χ2v) is 8.35. The van der Waals surface area contributed by atoms with Gasteiger partial charge in [-0.2, -0.15) is 4.31 Å². The van der Waals surface area contributed by atoms with Crippen molar-refractivity contribution in [3.63, 3.8) is 0 Å². The van der Waals surface area contributed by atoms with Gasteiger partial charge in [-0.1, -0.05) is 56.3 Å². The number of sulfonamides is 1. The van der Waals surface area contributed by atoms with Crippen molar-refractivity contribution in [3.8, 4) is 0 Å². The average molecular weight is 405 g/mol. The molecule has 2 atom stereocenters. The standard InChI is InChI=1S/C21H28N2O4S/c1-5-23(6-2)28(25,26)19-14-12-17(13-15-19)16(3)22-21(24)20(27-4)18-10-8-7-9-11-18/h7-16,20H,5-6H2,1-4H3,(H,22,24). The third-order valence-corrected chi connectivity index (χ3v) is 6.72. The van der Waals surface area contributed by atoms with Crippen molar-refractivity contribution in [2.45, 2.75) is 37.8 Å². The van der Waals surface area contributed by atoms with Crippen LogP contribution < -0.4 is 5.32 Å². The Labute approximate surface area is 167 Å². The first-order valence-electron chi connectivity index (χ1n) is 9.33. The summed E-state index contributed by atoms with van der Waals surface area (Å²) in [6.07, 6.45) is -0.703. The van der Waals surface area contributed by atoms with E-state index in [4.69, 9.17) is 4.74 Å². The van der Waals surface area contributed by atoms with E-state index in [1.165, 1.54) is 11.4 Å². The average Bonchev–Trinajstić information content (AvgIpc) is 2.70. The zero-order chi connectivity index (χ0) is 20.7. The molecule has 0 spiro atoms. The zero-order valence-electron chi connectivity index (χ0n) is 16.8. The summed E-state index contributed by atoms with van der Waals surface area (Å²) in [4.78, 5) is 12.9. The smallest absolute Gasteiger partial charge is 0.254 e. The zero-order valence-corrected chi connectivity index (χ0v) is 17.6. The highest BCUT2D eigenvalue weighted by atomic mass is 32.2. The van der Waals surface area contributed by atoms with E-state index >= 15 is 0 Å². The molecule has 0 aliphatic rings. The monoisotopic (exact) mass is 404 g/mol. The van der Waals surface area contributed by atoms with E-state index in [0.717, 1.165) is 11.1 Å². The minimum Gasteiger partial charge on any atom is -0.367 e. The molecule has 0 aromatic heterocycles. The molecule has 0 bridgehead atoms. The molecule has 2 aromatic rings. The molecule has 0 saturated heterocycles. The molecule has 6 nitrogen and oxygen atoms in total. The Morgan fingerprint density at radius 1 is 1.00 bits per heavy atom. The van der Waals surface area contributed by atoms with Crippen molar-refractivity contribution < 1.29 is 17.9 Å². The molecule has 1 amide bonds. The molecular formula is C21H28N2O4S. The van der Waals surface area contributed by atoms with Crippen LogP contribution in [0, 0.1) is 0 Å². The van der Waals surface area contributed by atoms with Gasteiger partial charge in [0.25, 0.3) is 5.91 Å². The summed E-state index contributed by atoms with van der Waals surface area (Å²) < 4.78 is 31.9. The third-order valence-electron chi connectivity index (χ3n) is 4.66. The number of carbonyl (C=O) groups excluding carboxylic acids is 1. The van der Waals surface area contributed by atoms with Crippen molar-refractivity contribution >= 4 is 15.9 Å². The molecule has 2 aromatic carbocycles. The van der Waals surface area contributed by atoms with E-state index in [1.54, 1.807) is 24.3 Å². The highest BCUT2D eigenvalue weighted by molar-refractivity contribution is 7.89. The molecule has 7 heteroatoms. The SMILES string of the molecule is CCN(CC)S(=O)(=O)c1ccc(C(C)NC(=O)C(OC)c2ccccc2)cc1. The number of hydrogen-bond donors (Lipinski definition) is 1. The Morgan fingerprint density at radius 2 is 1.57 bits per heavy atom. The number of benzene rings is 2. The first-order chi connectivity index (χ1) is 13.3. The Morgan fingerprint density at radius 3 is 2.07 bits per heavy atom. The van der Waals surface area contributed by atoms with Gasteiger partial charge in [0, 0.05) is 20.2 Å². The molecule has 2 rings (SSSR count). The van der Waals surface area contributed by atoms with Crippen LogP contribution in [-0.2, 0) is 19.6 Å². The molecule has 0 radical (unpaired) electrons. The maximum Gasteiger partial charge on any atom is 0.254 e. The van der Waals surface area contributed by atoms with Crippen LogP contribution in [0.3, 0.4) is 0 Å². The van der Waals surface area contributed by atoms with Crippen molar-refractivity contribution in [2.75, 3.05) is 20.2 Å². The summed E-state index contributed by atoms with van der Waals surface area (Å²) in [6, 6.07) is 15.6. The second-order valence-electron chi connectivity index (χ2n) is 6.42. The van der Waals surface area contributed by atoms with Crippen LogP contribution in [0.15, 0.2) is 59.5 Å². The van der Waals surface area contributed by atoms with Crippen LogP contribution in [0.1, 0.15) is 44.0 Å². The second kappa shape index (κ2) is 9.82. The number of hydrogen-bond acceptors (Lipinski definition) is 4. The minimum absolute atomic E-state index is 0.248. The fourth-order valence-electron chi connectivity index (χ4n) is 3.04. The van der Waals surface area contributed by atoms with E-state index in [0.29, 0.717) is 13.1 Å². The number of ether oxygens (including phenoxy) is 1. The van der Waals surface area contributed by atoms with Gasteiger partial charge in [0.1, 0.15) is 0 Å². The number of amides is 1. The quantitative estimate of drug-likeness (QED) is 0.696. The first-order valence-corrected chi connectivity index (χ1v) is 10.8. The van der Waals surface area contributed by atoms with Crippen molar-refractivity contribution in [1.29, 1.82) is 0 Å². The van der Waals surface area contributed by atoms with Gasteiger partial charge in [-0.05, 0) is 30.2 Å². The van der Waals surface area contributed by atoms with Gasteiger partial charge in [0.05, 0.1) is 10.9 Å². The van der Waals surface area contributed by atoms with Crippen LogP contribution in [-0.4, -0.2) is 38.8 Å². The third kappa shape index (κ3) is 4.98. The fraction of sp³-hybridized carbons (Fsp3) is 0.381. The molecule has 0 saturated carbocycles. The van der Waals surface area contributed by atoms with Gasteiger partial charge in [0.15, 0.2) is 6.10 Å². The molecular weight excluding hydrogens is 376 g/mol. The Hall–Kier alpha value is -2.22. The Kier molecular flexibility index (Phi) is 7.74. The Bertz CT molecular complexity index is 863. The van der Waals surface area contributed by atoms with Crippen LogP contribution in [0.4, 0.5) is 0 Å². The molecule has 2 unspecified atom stereocenters. The maximum atomic E-state index is 12.6. The molecule has 0 heterocycles. The van der Waals surface area contributed by atoms with Crippen molar-refractivity contribution in [3.05, 3.63) is 65.7 Å². The molecule has 0 aliphatic carbocycles. The minimum atomic E-state index is -3.49. The van der Waals surface area contributed by atoms with Gasteiger partial charge in [-0.15, -0.1) is 0 Å². The summed E-state index contributed by atoms with van der Waals surface area (Å²) in [6.45, 7) is 6.32. The highest BCUT2D eigenvalue weighted by Crippen LogP contribution is 2.21. The van der Waals surface area contributed by atoms with Gasteiger partial charge < -0.3 is 10.1 Å².